The van der Waals surface area contributed by atoms with E-state index in [1.807, 2.05) is 0 Å². The van der Waals surface area contributed by atoms with Gasteiger partial charge in [-0.05, 0) is 26.2 Å². The summed E-state index contributed by atoms with van der Waals surface area (Å²) in [6.45, 7) is 4.35. The summed E-state index contributed by atoms with van der Waals surface area (Å²) in [5, 5.41) is 0. The molecular weight excluding hydrogens is 271 g/mol. The Morgan fingerprint density at radius 2 is 1.79 bits per heavy atom. The zero-order chi connectivity index (χ0) is 14.6. The van der Waals surface area contributed by atoms with Gasteiger partial charge in [-0.1, -0.05) is 0 Å². The van der Waals surface area contributed by atoms with Crippen molar-refractivity contribution >= 4 is 19.1 Å². The lowest BCUT2D eigenvalue weighted by molar-refractivity contribution is -0.153. The molecule has 0 N–H and O–H groups in total. The monoisotopic (exact) mass is 292 g/mol. The number of carbonyl (C=O) groups excluding carboxylic acids is 2. The summed E-state index contributed by atoms with van der Waals surface area (Å²) in [4.78, 5) is 22.5. The minimum absolute atomic E-state index is 0.186. The third-order valence-corrected chi connectivity index (χ3v) is 4.42. The van der Waals surface area contributed by atoms with Gasteiger partial charge in [-0.15, -0.1) is 0 Å². The molecular formula is C12H21O6P. The Morgan fingerprint density at radius 3 is 2.26 bits per heavy atom. The quantitative estimate of drug-likeness (QED) is 0.566. The summed E-state index contributed by atoms with van der Waals surface area (Å²) >= 11 is 0. The summed E-state index contributed by atoms with van der Waals surface area (Å²) in [7, 11) is -1.51. The van der Waals surface area contributed by atoms with E-state index >= 15 is 0 Å². The molecule has 0 radical (unpaired) electrons. The Morgan fingerprint density at radius 1 is 1.21 bits per heavy atom. The maximum Gasteiger partial charge on any atom is 0.342 e. The lowest BCUT2D eigenvalue weighted by atomic mass is 10.3. The second-order valence-corrected chi connectivity index (χ2v) is 8.45. The molecule has 1 saturated carbocycles. The molecule has 0 spiro atoms. The predicted octanol–water partition coefficient (Wildman–Crippen LogP) is 1.61. The largest absolute Gasteiger partial charge is 0.467 e. The van der Waals surface area contributed by atoms with Gasteiger partial charge < -0.3 is 18.8 Å². The van der Waals surface area contributed by atoms with Crippen molar-refractivity contribution in [2.45, 2.75) is 44.2 Å². The fourth-order valence-electron chi connectivity index (χ4n) is 2.11. The standard InChI is InChI=1S/C12H21O6P/c1-8(13)17-9-5-6-10(7-9)18-12(11(14)16-2)19(3,4)15/h9-10,12H,5-7H2,1-4H3/t9-,10+,12?/m0/s1. The zero-order valence-electron chi connectivity index (χ0n) is 11.8. The molecule has 0 aliphatic heterocycles. The van der Waals surface area contributed by atoms with E-state index in [0.29, 0.717) is 19.3 Å². The van der Waals surface area contributed by atoms with Gasteiger partial charge >= 0.3 is 11.9 Å². The fourth-order valence-corrected chi connectivity index (χ4v) is 3.18. The molecule has 6 nitrogen and oxygen atoms in total. The van der Waals surface area contributed by atoms with Crippen molar-refractivity contribution in [3.8, 4) is 0 Å². The molecule has 1 rings (SSSR count). The average Bonchev–Trinajstić information content (AvgIpc) is 2.70. The summed E-state index contributed by atoms with van der Waals surface area (Å²) in [6, 6.07) is 0. The number of methoxy groups -OCH3 is 1. The maximum atomic E-state index is 12.1. The maximum absolute atomic E-state index is 12.1. The van der Waals surface area contributed by atoms with Gasteiger partial charge in [0.2, 0.25) is 5.85 Å². The van der Waals surface area contributed by atoms with E-state index in [2.05, 4.69) is 4.74 Å². The molecule has 0 heterocycles. The molecule has 0 aromatic rings. The predicted molar refractivity (Wildman–Crippen MR) is 69.5 cm³/mol. The molecule has 1 unspecified atom stereocenters. The van der Waals surface area contributed by atoms with Gasteiger partial charge in [-0.3, -0.25) is 4.79 Å². The number of esters is 2. The van der Waals surface area contributed by atoms with Gasteiger partial charge in [0.15, 0.2) is 0 Å². The van der Waals surface area contributed by atoms with Crippen molar-refractivity contribution in [3.63, 3.8) is 0 Å². The van der Waals surface area contributed by atoms with Crippen molar-refractivity contribution in [2.24, 2.45) is 0 Å². The third-order valence-electron chi connectivity index (χ3n) is 2.96. The van der Waals surface area contributed by atoms with Crippen LogP contribution >= 0.6 is 7.14 Å². The number of hydrogen-bond donors (Lipinski definition) is 0. The van der Waals surface area contributed by atoms with Gasteiger partial charge in [0, 0.05) is 13.3 Å². The van der Waals surface area contributed by atoms with Crippen LogP contribution in [0.3, 0.4) is 0 Å². The SMILES string of the molecule is COC(=O)C(O[C@@H]1CC[C@H](OC(C)=O)C1)P(C)(C)=O. The highest BCUT2D eigenvalue weighted by molar-refractivity contribution is 7.63. The van der Waals surface area contributed by atoms with E-state index in [1.165, 1.54) is 27.4 Å². The minimum atomic E-state index is -2.75. The molecule has 7 heteroatoms. The van der Waals surface area contributed by atoms with Crippen molar-refractivity contribution in [1.29, 1.82) is 0 Å². The minimum Gasteiger partial charge on any atom is -0.467 e. The van der Waals surface area contributed by atoms with Crippen LogP contribution in [0.15, 0.2) is 0 Å². The molecule has 3 atom stereocenters. The van der Waals surface area contributed by atoms with Crippen LogP contribution in [0.4, 0.5) is 0 Å². The van der Waals surface area contributed by atoms with Crippen LogP contribution < -0.4 is 0 Å². The summed E-state index contributed by atoms with van der Waals surface area (Å²) in [6.07, 6.45) is 1.46. The number of hydrogen-bond acceptors (Lipinski definition) is 6. The number of carbonyl (C=O) groups is 2. The van der Waals surface area contributed by atoms with Crippen LogP contribution in [0.5, 0.6) is 0 Å². The Balaban J connectivity index is 2.60. The smallest absolute Gasteiger partial charge is 0.342 e. The molecule has 0 saturated heterocycles. The van der Waals surface area contributed by atoms with E-state index in [1.54, 1.807) is 0 Å². The van der Waals surface area contributed by atoms with Gasteiger partial charge in [-0.2, -0.15) is 0 Å². The normalized spacial score (nSPS) is 24.8. The Bertz CT molecular complexity index is 388. The van der Waals surface area contributed by atoms with Crippen LogP contribution in [0.1, 0.15) is 26.2 Å². The highest BCUT2D eigenvalue weighted by Crippen LogP contribution is 2.45. The van der Waals surface area contributed by atoms with Crippen molar-refractivity contribution in [3.05, 3.63) is 0 Å². The van der Waals surface area contributed by atoms with E-state index in [4.69, 9.17) is 9.47 Å². The molecule has 0 amide bonds. The van der Waals surface area contributed by atoms with Gasteiger partial charge in [0.05, 0.1) is 13.2 Å². The summed E-state index contributed by atoms with van der Waals surface area (Å²) in [5.41, 5.74) is 0. The highest BCUT2D eigenvalue weighted by atomic mass is 31.2. The molecule has 1 aliphatic carbocycles. The average molecular weight is 292 g/mol. The Hall–Kier alpha value is -0.870. The van der Waals surface area contributed by atoms with Gasteiger partial charge in [0.1, 0.15) is 13.2 Å². The van der Waals surface area contributed by atoms with Gasteiger partial charge in [0.25, 0.3) is 0 Å². The van der Waals surface area contributed by atoms with Crippen molar-refractivity contribution in [2.75, 3.05) is 20.4 Å². The first-order valence-corrected chi connectivity index (χ1v) is 8.86. The number of ether oxygens (including phenoxy) is 3. The molecule has 1 aliphatic rings. The first kappa shape index (κ1) is 16.2. The van der Waals surface area contributed by atoms with E-state index < -0.39 is 19.0 Å². The van der Waals surface area contributed by atoms with Crippen LogP contribution in [0, 0.1) is 0 Å². The van der Waals surface area contributed by atoms with Crippen LogP contribution in [-0.4, -0.2) is 50.4 Å². The van der Waals surface area contributed by atoms with Crippen LogP contribution in [0.25, 0.3) is 0 Å². The van der Waals surface area contributed by atoms with Crippen LogP contribution in [0.2, 0.25) is 0 Å². The van der Waals surface area contributed by atoms with E-state index in [0.717, 1.165) is 0 Å². The highest BCUT2D eigenvalue weighted by Gasteiger charge is 2.37. The second kappa shape index (κ2) is 6.53. The third kappa shape index (κ3) is 4.96. The lowest BCUT2D eigenvalue weighted by Crippen LogP contribution is -2.29. The Kier molecular flexibility index (Phi) is 5.56. The van der Waals surface area contributed by atoms with E-state index in [-0.39, 0.29) is 18.2 Å². The first-order valence-electron chi connectivity index (χ1n) is 6.19. The summed E-state index contributed by atoms with van der Waals surface area (Å²) in [5.74, 6) is -1.99. The molecule has 1 fully saturated rings. The molecule has 110 valence electrons. The Labute approximate surface area is 113 Å². The topological polar surface area (TPSA) is 78.9 Å². The molecule has 0 aromatic carbocycles. The first-order chi connectivity index (χ1) is 8.74. The zero-order valence-corrected chi connectivity index (χ0v) is 12.6. The lowest BCUT2D eigenvalue weighted by Gasteiger charge is -2.23. The number of rotatable bonds is 5. The summed E-state index contributed by atoms with van der Waals surface area (Å²) < 4.78 is 27.4. The molecule has 0 aromatic heterocycles. The second-order valence-electron chi connectivity index (χ2n) is 5.11. The van der Waals surface area contributed by atoms with Gasteiger partial charge in [-0.25, -0.2) is 4.79 Å². The van der Waals surface area contributed by atoms with E-state index in [9.17, 15) is 14.2 Å². The fraction of sp³-hybridized carbons (Fsp3) is 0.833. The molecule has 0 bridgehead atoms. The molecule has 19 heavy (non-hydrogen) atoms. The van der Waals surface area contributed by atoms with Crippen molar-refractivity contribution < 1.29 is 28.4 Å². The van der Waals surface area contributed by atoms with Crippen LogP contribution in [-0.2, 0) is 28.4 Å². The van der Waals surface area contributed by atoms with Crippen molar-refractivity contribution in [1.82, 2.24) is 0 Å².